The highest BCUT2D eigenvalue weighted by Gasteiger charge is 2.13. The second-order valence-corrected chi connectivity index (χ2v) is 6.42. The van der Waals surface area contributed by atoms with E-state index in [9.17, 15) is 4.79 Å². The van der Waals surface area contributed by atoms with Crippen LogP contribution >= 0.6 is 22.9 Å². The number of halogens is 1. The number of aromatic nitrogens is 1. The van der Waals surface area contributed by atoms with Crippen LogP contribution in [-0.2, 0) is 17.8 Å². The number of hydrogen-bond donors (Lipinski definition) is 1. The van der Waals surface area contributed by atoms with E-state index in [1.54, 1.807) is 23.6 Å². The summed E-state index contributed by atoms with van der Waals surface area (Å²) >= 11 is 7.48. The predicted molar refractivity (Wildman–Crippen MR) is 94.7 cm³/mol. The molecular formula is C18H14ClNO3S. The van der Waals surface area contributed by atoms with Gasteiger partial charge in [0.15, 0.2) is 0 Å². The minimum Gasteiger partial charge on any atom is -0.488 e. The number of thiazole rings is 1. The van der Waals surface area contributed by atoms with E-state index in [0.29, 0.717) is 28.1 Å². The van der Waals surface area contributed by atoms with Crippen molar-refractivity contribution in [2.24, 2.45) is 0 Å². The van der Waals surface area contributed by atoms with E-state index in [0.717, 1.165) is 11.1 Å². The lowest BCUT2D eigenvalue weighted by Gasteiger charge is -2.10. The maximum atomic E-state index is 10.8. The number of carbonyl (C=O) groups is 1. The molecule has 24 heavy (non-hydrogen) atoms. The molecule has 0 saturated heterocycles. The molecular weight excluding hydrogens is 346 g/mol. The summed E-state index contributed by atoms with van der Waals surface area (Å²) in [4.78, 5) is 15.2. The molecule has 3 rings (SSSR count). The van der Waals surface area contributed by atoms with Crippen molar-refractivity contribution in [3.63, 3.8) is 0 Å². The van der Waals surface area contributed by atoms with Crippen LogP contribution in [0.5, 0.6) is 5.75 Å². The van der Waals surface area contributed by atoms with Crippen LogP contribution in [0.3, 0.4) is 0 Å². The largest absolute Gasteiger partial charge is 0.488 e. The van der Waals surface area contributed by atoms with Gasteiger partial charge in [0.2, 0.25) is 0 Å². The van der Waals surface area contributed by atoms with Gasteiger partial charge in [0, 0.05) is 10.4 Å². The zero-order chi connectivity index (χ0) is 16.9. The number of carboxylic acid groups (broad SMARTS) is 1. The van der Waals surface area contributed by atoms with Gasteiger partial charge < -0.3 is 9.84 Å². The molecule has 1 aromatic heterocycles. The Balaban J connectivity index is 1.85. The van der Waals surface area contributed by atoms with Crippen molar-refractivity contribution < 1.29 is 14.6 Å². The maximum absolute atomic E-state index is 10.8. The number of aliphatic carboxylic acids is 1. The van der Waals surface area contributed by atoms with Crippen molar-refractivity contribution in [1.82, 2.24) is 4.98 Å². The molecule has 0 bridgehead atoms. The quantitative estimate of drug-likeness (QED) is 0.694. The molecule has 0 amide bonds. The first-order valence-corrected chi connectivity index (χ1v) is 8.50. The molecule has 0 aliphatic heterocycles. The van der Waals surface area contributed by atoms with E-state index in [-0.39, 0.29) is 6.42 Å². The lowest BCUT2D eigenvalue weighted by atomic mass is 10.2. The van der Waals surface area contributed by atoms with Gasteiger partial charge in [-0.1, -0.05) is 41.9 Å². The van der Waals surface area contributed by atoms with E-state index in [1.807, 2.05) is 30.3 Å². The number of hydrogen-bond acceptors (Lipinski definition) is 4. The van der Waals surface area contributed by atoms with E-state index in [2.05, 4.69) is 4.98 Å². The van der Waals surface area contributed by atoms with Crippen LogP contribution < -0.4 is 4.74 Å². The van der Waals surface area contributed by atoms with Crippen molar-refractivity contribution in [3.8, 4) is 16.3 Å². The van der Waals surface area contributed by atoms with Crippen molar-refractivity contribution in [3.05, 3.63) is 70.2 Å². The van der Waals surface area contributed by atoms with Gasteiger partial charge in [-0.3, -0.25) is 4.79 Å². The van der Waals surface area contributed by atoms with Gasteiger partial charge in [-0.25, -0.2) is 4.98 Å². The summed E-state index contributed by atoms with van der Waals surface area (Å²) in [5.74, 6) is -0.238. The van der Waals surface area contributed by atoms with Crippen LogP contribution in [0.4, 0.5) is 0 Å². The zero-order valence-corrected chi connectivity index (χ0v) is 14.2. The second-order valence-electron chi connectivity index (χ2n) is 5.13. The molecule has 4 nitrogen and oxygen atoms in total. The topological polar surface area (TPSA) is 59.4 Å². The van der Waals surface area contributed by atoms with Gasteiger partial charge in [-0.2, -0.15) is 0 Å². The van der Waals surface area contributed by atoms with Gasteiger partial charge in [-0.05, 0) is 23.8 Å². The number of nitrogens with zero attached hydrogens (tertiary/aromatic N) is 1. The number of rotatable bonds is 6. The highest BCUT2D eigenvalue weighted by atomic mass is 35.5. The first kappa shape index (κ1) is 16.5. The molecule has 0 saturated carbocycles. The molecule has 0 spiro atoms. The third-order valence-electron chi connectivity index (χ3n) is 3.29. The molecule has 2 aromatic carbocycles. The summed E-state index contributed by atoms with van der Waals surface area (Å²) in [5, 5.41) is 11.9. The Morgan fingerprint density at radius 2 is 2.00 bits per heavy atom. The van der Waals surface area contributed by atoms with Gasteiger partial charge in [0.25, 0.3) is 0 Å². The molecule has 1 heterocycles. The smallest absolute Gasteiger partial charge is 0.309 e. The summed E-state index contributed by atoms with van der Waals surface area (Å²) < 4.78 is 5.91. The molecule has 0 fully saturated rings. The third-order valence-corrected chi connectivity index (χ3v) is 4.45. The van der Waals surface area contributed by atoms with Crippen molar-refractivity contribution >= 4 is 28.9 Å². The molecule has 0 radical (unpaired) electrons. The summed E-state index contributed by atoms with van der Waals surface area (Å²) in [5.41, 5.74) is 2.35. The van der Waals surface area contributed by atoms with Crippen molar-refractivity contribution in [2.75, 3.05) is 0 Å². The first-order chi connectivity index (χ1) is 11.6. The third kappa shape index (κ3) is 4.13. The Bertz CT molecular complexity index is 848. The molecule has 3 aromatic rings. The number of benzene rings is 2. The minimum atomic E-state index is -0.904. The fourth-order valence-corrected chi connectivity index (χ4v) is 3.21. The fourth-order valence-electron chi connectivity index (χ4n) is 2.20. The summed E-state index contributed by atoms with van der Waals surface area (Å²) in [6.45, 7) is 0.433. The number of ether oxygens (including phenoxy) is 1. The predicted octanol–water partition coefficient (Wildman–Crippen LogP) is 4.67. The molecule has 0 aliphatic carbocycles. The summed E-state index contributed by atoms with van der Waals surface area (Å²) in [7, 11) is 0. The van der Waals surface area contributed by atoms with Crippen molar-refractivity contribution in [2.45, 2.75) is 13.0 Å². The van der Waals surface area contributed by atoms with E-state index in [4.69, 9.17) is 21.4 Å². The lowest BCUT2D eigenvalue weighted by Crippen LogP contribution is -2.00. The SMILES string of the molecule is O=C(O)Cc1csc(-c2cc(Cl)ccc2OCc2ccccc2)n1. The van der Waals surface area contributed by atoms with Crippen LogP contribution in [0.2, 0.25) is 5.02 Å². The van der Waals surface area contributed by atoms with Crippen LogP contribution in [0.15, 0.2) is 53.9 Å². The monoisotopic (exact) mass is 359 g/mol. The van der Waals surface area contributed by atoms with E-state index < -0.39 is 5.97 Å². The molecule has 1 N–H and O–H groups in total. The normalized spacial score (nSPS) is 10.5. The van der Waals surface area contributed by atoms with Crippen molar-refractivity contribution in [1.29, 1.82) is 0 Å². The average Bonchev–Trinajstić information content (AvgIpc) is 3.02. The van der Waals surface area contributed by atoms with Crippen LogP contribution in [0, 0.1) is 0 Å². The van der Waals surface area contributed by atoms with Gasteiger partial charge in [0.1, 0.15) is 17.4 Å². The number of carboxylic acids is 1. The summed E-state index contributed by atoms with van der Waals surface area (Å²) in [6, 6.07) is 15.2. The molecule has 0 aliphatic rings. The Morgan fingerprint density at radius 1 is 1.21 bits per heavy atom. The Morgan fingerprint density at radius 3 is 2.75 bits per heavy atom. The highest BCUT2D eigenvalue weighted by Crippen LogP contribution is 2.35. The first-order valence-electron chi connectivity index (χ1n) is 7.24. The van der Waals surface area contributed by atoms with Gasteiger partial charge in [-0.15, -0.1) is 11.3 Å². The van der Waals surface area contributed by atoms with Crippen LogP contribution in [0.25, 0.3) is 10.6 Å². The molecule has 122 valence electrons. The van der Waals surface area contributed by atoms with E-state index in [1.165, 1.54) is 11.3 Å². The van der Waals surface area contributed by atoms with Crippen LogP contribution in [0.1, 0.15) is 11.3 Å². The van der Waals surface area contributed by atoms with Gasteiger partial charge >= 0.3 is 5.97 Å². The molecule has 0 unspecified atom stereocenters. The maximum Gasteiger partial charge on any atom is 0.309 e. The highest BCUT2D eigenvalue weighted by molar-refractivity contribution is 7.13. The zero-order valence-electron chi connectivity index (χ0n) is 12.6. The Kier molecular flexibility index (Phi) is 5.13. The lowest BCUT2D eigenvalue weighted by molar-refractivity contribution is -0.136. The standard InChI is InChI=1S/C18H14ClNO3S/c19-13-6-7-16(23-10-12-4-2-1-3-5-12)15(8-13)18-20-14(11-24-18)9-17(21)22/h1-8,11H,9-10H2,(H,21,22). The van der Waals surface area contributed by atoms with Crippen LogP contribution in [-0.4, -0.2) is 16.1 Å². The average molecular weight is 360 g/mol. The Labute approximate surface area is 148 Å². The van der Waals surface area contributed by atoms with E-state index >= 15 is 0 Å². The van der Waals surface area contributed by atoms with Gasteiger partial charge in [0.05, 0.1) is 17.7 Å². The molecule has 0 atom stereocenters. The molecule has 6 heteroatoms. The summed E-state index contributed by atoms with van der Waals surface area (Å²) in [6.07, 6.45) is -0.0999. The second kappa shape index (κ2) is 7.47. The minimum absolute atomic E-state index is 0.0999. The Hall–Kier alpha value is -2.37. The fraction of sp³-hybridized carbons (Fsp3) is 0.111.